The van der Waals surface area contributed by atoms with Crippen LogP contribution in [0.4, 0.5) is 0 Å². The molecule has 1 aromatic rings. The molecule has 0 heteroatoms. The summed E-state index contributed by atoms with van der Waals surface area (Å²) in [6, 6.07) is 8.98. The molecule has 0 nitrogen and oxygen atoms in total. The molecule has 1 atom stereocenters. The van der Waals surface area contributed by atoms with Crippen LogP contribution in [0.5, 0.6) is 0 Å². The molecule has 1 aromatic carbocycles. The SMILES string of the molecule is C1=CC=C2C(=CC=1)C1(C3=CCCC=C3C3=C1C=CCC=C3)c1ccccc12.CC. The Morgan fingerprint density at radius 1 is 0.828 bits per heavy atom. The largest absolute Gasteiger partial charge is 0.121 e. The lowest BCUT2D eigenvalue weighted by Gasteiger charge is -2.33. The smallest absolute Gasteiger partial charge is 0.0722 e. The van der Waals surface area contributed by atoms with Gasteiger partial charge in [-0.05, 0) is 88.1 Å². The van der Waals surface area contributed by atoms with Crippen LogP contribution in [0.1, 0.15) is 44.2 Å². The topological polar surface area (TPSA) is 0 Å². The molecule has 5 aliphatic rings. The molecule has 0 aromatic heterocycles. The van der Waals surface area contributed by atoms with Gasteiger partial charge in [0.2, 0.25) is 0 Å². The summed E-state index contributed by atoms with van der Waals surface area (Å²) in [4.78, 5) is 0. The van der Waals surface area contributed by atoms with Crippen LogP contribution in [0.3, 0.4) is 0 Å². The van der Waals surface area contributed by atoms with Crippen molar-refractivity contribution in [3.8, 4) is 0 Å². The van der Waals surface area contributed by atoms with Crippen LogP contribution >= 0.6 is 0 Å². The van der Waals surface area contributed by atoms with Crippen LogP contribution in [0, 0.1) is 0 Å². The van der Waals surface area contributed by atoms with Crippen LogP contribution in [-0.2, 0) is 5.41 Å². The summed E-state index contributed by atoms with van der Waals surface area (Å²) in [6.07, 6.45) is 26.2. The standard InChI is InChI=1S/C27H20.C2H6/c1-3-11-19-21-13-7-9-17-25(21)27(23(19)15-5-1)24-16-6-2-4-12-20(24)22-14-8-10-18-26(22)27;1-2/h3-6,8,10-18H,1,7,9H2;1-2H3. The first-order valence-electron chi connectivity index (χ1n) is 10.9. The van der Waals surface area contributed by atoms with E-state index in [9.17, 15) is 0 Å². The Bertz CT molecular complexity index is 1160. The normalized spacial score (nSPS) is 24.9. The van der Waals surface area contributed by atoms with Gasteiger partial charge in [0.05, 0.1) is 5.41 Å². The Morgan fingerprint density at radius 3 is 2.55 bits per heavy atom. The fourth-order valence-electron chi connectivity index (χ4n) is 5.45. The van der Waals surface area contributed by atoms with E-state index in [-0.39, 0.29) is 5.41 Å². The van der Waals surface area contributed by atoms with Gasteiger partial charge in [0, 0.05) is 0 Å². The molecule has 6 rings (SSSR count). The van der Waals surface area contributed by atoms with Gasteiger partial charge in [-0.1, -0.05) is 74.6 Å². The van der Waals surface area contributed by atoms with Crippen molar-refractivity contribution in [2.45, 2.75) is 38.5 Å². The third-order valence-electron chi connectivity index (χ3n) is 6.39. The second-order valence-electron chi connectivity index (χ2n) is 7.64. The van der Waals surface area contributed by atoms with Gasteiger partial charge in [0.15, 0.2) is 0 Å². The Balaban J connectivity index is 0.000000882. The van der Waals surface area contributed by atoms with E-state index < -0.39 is 0 Å². The minimum absolute atomic E-state index is 0.189. The molecule has 0 N–H and O–H groups in total. The molecular weight excluding hydrogens is 348 g/mol. The van der Waals surface area contributed by atoms with Crippen molar-refractivity contribution in [1.29, 1.82) is 0 Å². The lowest BCUT2D eigenvalue weighted by molar-refractivity contribution is 0.768. The highest BCUT2D eigenvalue weighted by molar-refractivity contribution is 5.98. The lowest BCUT2D eigenvalue weighted by atomic mass is 9.68. The van der Waals surface area contributed by atoms with Gasteiger partial charge in [-0.3, -0.25) is 0 Å². The predicted molar refractivity (Wildman–Crippen MR) is 124 cm³/mol. The summed E-state index contributed by atoms with van der Waals surface area (Å²) in [5.41, 5.74) is 14.4. The molecule has 0 aliphatic heterocycles. The zero-order valence-electron chi connectivity index (χ0n) is 17.2. The monoisotopic (exact) mass is 374 g/mol. The van der Waals surface area contributed by atoms with Gasteiger partial charge in [-0.2, -0.15) is 0 Å². The fourth-order valence-corrected chi connectivity index (χ4v) is 5.45. The number of hydrogen-bond donors (Lipinski definition) is 0. The molecule has 1 unspecified atom stereocenters. The van der Waals surface area contributed by atoms with Crippen LogP contribution in [0.25, 0.3) is 5.57 Å². The summed E-state index contributed by atoms with van der Waals surface area (Å²) in [6.45, 7) is 4.00. The second-order valence-corrected chi connectivity index (χ2v) is 7.64. The molecule has 1 spiro atoms. The Labute approximate surface area is 174 Å². The quantitative estimate of drug-likeness (QED) is 0.413. The van der Waals surface area contributed by atoms with Gasteiger partial charge in [-0.15, -0.1) is 5.73 Å². The summed E-state index contributed by atoms with van der Waals surface area (Å²) < 4.78 is 0. The number of benzene rings is 1. The molecule has 0 saturated heterocycles. The van der Waals surface area contributed by atoms with Crippen LogP contribution in [0.2, 0.25) is 0 Å². The van der Waals surface area contributed by atoms with Crippen LogP contribution in [0.15, 0.2) is 119 Å². The average molecular weight is 375 g/mol. The second kappa shape index (κ2) is 7.07. The van der Waals surface area contributed by atoms with E-state index in [4.69, 9.17) is 0 Å². The maximum atomic E-state index is 3.28. The zero-order chi connectivity index (χ0) is 19.8. The van der Waals surface area contributed by atoms with E-state index in [0.29, 0.717) is 0 Å². The maximum absolute atomic E-state index is 3.28. The van der Waals surface area contributed by atoms with E-state index in [2.05, 4.69) is 84.7 Å². The molecule has 29 heavy (non-hydrogen) atoms. The summed E-state index contributed by atoms with van der Waals surface area (Å²) in [5, 5.41) is 0. The minimum atomic E-state index is -0.189. The highest BCUT2D eigenvalue weighted by Gasteiger charge is 2.55. The maximum Gasteiger partial charge on any atom is 0.0722 e. The highest BCUT2D eigenvalue weighted by Crippen LogP contribution is 2.65. The number of rotatable bonds is 0. The number of hydrogen-bond acceptors (Lipinski definition) is 0. The molecule has 0 saturated carbocycles. The lowest BCUT2D eigenvalue weighted by Crippen LogP contribution is -2.27. The van der Waals surface area contributed by atoms with Crippen molar-refractivity contribution in [3.63, 3.8) is 0 Å². The van der Waals surface area contributed by atoms with Crippen molar-refractivity contribution in [3.05, 3.63) is 130 Å². The minimum Gasteiger partial charge on any atom is -0.121 e. The first kappa shape index (κ1) is 18.0. The van der Waals surface area contributed by atoms with Crippen LogP contribution < -0.4 is 0 Å². The van der Waals surface area contributed by atoms with E-state index in [1.54, 1.807) is 0 Å². The van der Waals surface area contributed by atoms with Crippen molar-refractivity contribution in [2.75, 3.05) is 0 Å². The fraction of sp³-hybridized carbons (Fsp3) is 0.207. The van der Waals surface area contributed by atoms with Crippen LogP contribution in [-0.4, -0.2) is 0 Å². The van der Waals surface area contributed by atoms with Crippen molar-refractivity contribution >= 4 is 5.57 Å². The van der Waals surface area contributed by atoms with Gasteiger partial charge < -0.3 is 0 Å². The third kappa shape index (κ3) is 2.33. The summed E-state index contributed by atoms with van der Waals surface area (Å²) in [5.74, 6) is 0. The van der Waals surface area contributed by atoms with Gasteiger partial charge in [-0.25, -0.2) is 0 Å². The molecule has 0 fully saturated rings. The highest BCUT2D eigenvalue weighted by atomic mass is 14.6. The average Bonchev–Trinajstić information content (AvgIpc) is 2.99. The first-order chi connectivity index (χ1) is 14.4. The van der Waals surface area contributed by atoms with Gasteiger partial charge >= 0.3 is 0 Å². The predicted octanol–water partition coefficient (Wildman–Crippen LogP) is 7.47. The van der Waals surface area contributed by atoms with E-state index in [1.807, 2.05) is 19.9 Å². The molecule has 5 aliphatic carbocycles. The Morgan fingerprint density at radius 2 is 1.62 bits per heavy atom. The van der Waals surface area contributed by atoms with Crippen molar-refractivity contribution in [2.24, 2.45) is 0 Å². The molecule has 0 bridgehead atoms. The number of allylic oxidation sites excluding steroid dienone is 15. The summed E-state index contributed by atoms with van der Waals surface area (Å²) in [7, 11) is 0. The Hall–Kier alpha value is -3.08. The molecular formula is C29H26. The Kier molecular flexibility index (Phi) is 4.38. The zero-order valence-corrected chi connectivity index (χ0v) is 17.2. The third-order valence-corrected chi connectivity index (χ3v) is 6.39. The van der Waals surface area contributed by atoms with Gasteiger partial charge in [0.1, 0.15) is 0 Å². The van der Waals surface area contributed by atoms with E-state index >= 15 is 0 Å². The molecule has 0 heterocycles. The summed E-state index contributed by atoms with van der Waals surface area (Å²) >= 11 is 0. The molecule has 0 radical (unpaired) electrons. The van der Waals surface area contributed by atoms with Gasteiger partial charge in [0.25, 0.3) is 0 Å². The molecule has 0 amide bonds. The van der Waals surface area contributed by atoms with Crippen molar-refractivity contribution < 1.29 is 0 Å². The first-order valence-corrected chi connectivity index (χ1v) is 10.9. The van der Waals surface area contributed by atoms with E-state index in [0.717, 1.165) is 19.3 Å². The van der Waals surface area contributed by atoms with E-state index in [1.165, 1.54) is 44.6 Å². The molecule has 142 valence electrons. The van der Waals surface area contributed by atoms with Crippen molar-refractivity contribution in [1.82, 2.24) is 0 Å². The number of fused-ring (bicyclic) bond motifs is 9.